The Balaban J connectivity index is 1.30. The minimum absolute atomic E-state index is 0.656. The molecule has 0 N–H and O–H groups in total. The zero-order valence-electron chi connectivity index (χ0n) is 17.4. The number of hydrogen-bond donors (Lipinski definition) is 0. The van der Waals surface area contributed by atoms with Crippen molar-refractivity contribution < 1.29 is 4.42 Å². The highest BCUT2D eigenvalue weighted by atomic mass is 32.1. The number of hydrogen-bond acceptors (Lipinski definition) is 6. The first-order chi connectivity index (χ1) is 15.8. The number of nitriles is 1. The van der Waals surface area contributed by atoms with Crippen molar-refractivity contribution in [1.29, 1.82) is 5.26 Å². The molecule has 0 amide bonds. The van der Waals surface area contributed by atoms with Gasteiger partial charge in [-0.3, -0.25) is 0 Å². The van der Waals surface area contributed by atoms with Crippen molar-refractivity contribution in [3.8, 4) is 17.4 Å². The molecule has 1 aliphatic rings. The quantitative estimate of drug-likeness (QED) is 0.235. The first-order valence-electron chi connectivity index (χ1n) is 10.6. The van der Waals surface area contributed by atoms with Gasteiger partial charge in [-0.2, -0.15) is 15.5 Å². The van der Waals surface area contributed by atoms with Crippen molar-refractivity contribution in [2.45, 2.75) is 25.7 Å². The van der Waals surface area contributed by atoms with Crippen LogP contribution in [-0.2, 0) is 12.8 Å². The van der Waals surface area contributed by atoms with Crippen molar-refractivity contribution in [1.82, 2.24) is 0 Å². The summed E-state index contributed by atoms with van der Waals surface area (Å²) in [7, 11) is 0. The molecule has 0 radical (unpaired) electrons. The SMILES string of the molecule is N#Cc1c(N=Cc2ccc(-c3ccc(N=Nc4ccccc4)cc3)o2)sc2c1CCCC2. The van der Waals surface area contributed by atoms with Crippen LogP contribution in [0.25, 0.3) is 11.3 Å². The smallest absolute Gasteiger partial charge is 0.145 e. The van der Waals surface area contributed by atoms with Crippen molar-refractivity contribution in [2.75, 3.05) is 0 Å². The van der Waals surface area contributed by atoms with Crippen LogP contribution in [0, 0.1) is 11.3 Å². The van der Waals surface area contributed by atoms with Gasteiger partial charge in [0.05, 0.1) is 23.2 Å². The fourth-order valence-electron chi connectivity index (χ4n) is 3.76. The number of aryl methyl sites for hydroxylation is 1. The molecule has 2 heterocycles. The van der Waals surface area contributed by atoms with Crippen LogP contribution in [0.3, 0.4) is 0 Å². The summed E-state index contributed by atoms with van der Waals surface area (Å²) in [6.45, 7) is 0. The lowest BCUT2D eigenvalue weighted by molar-refractivity contribution is 0.575. The predicted molar refractivity (Wildman–Crippen MR) is 128 cm³/mol. The molecule has 0 saturated heterocycles. The Morgan fingerprint density at radius 1 is 0.875 bits per heavy atom. The van der Waals surface area contributed by atoms with E-state index in [9.17, 15) is 5.26 Å². The Kier molecular flexibility index (Phi) is 5.73. The average molecular weight is 437 g/mol. The first-order valence-corrected chi connectivity index (χ1v) is 11.4. The zero-order valence-corrected chi connectivity index (χ0v) is 18.2. The minimum atomic E-state index is 0.656. The predicted octanol–water partition coefficient (Wildman–Crippen LogP) is 7.92. The molecule has 0 saturated carbocycles. The van der Waals surface area contributed by atoms with E-state index in [1.807, 2.05) is 66.7 Å². The Morgan fingerprint density at radius 3 is 2.41 bits per heavy atom. The van der Waals surface area contributed by atoms with Gasteiger partial charge < -0.3 is 4.42 Å². The Bertz CT molecular complexity index is 1320. The number of benzene rings is 2. The van der Waals surface area contributed by atoms with Crippen molar-refractivity contribution in [3.63, 3.8) is 0 Å². The zero-order chi connectivity index (χ0) is 21.8. The van der Waals surface area contributed by atoms with Gasteiger partial charge in [0.1, 0.15) is 22.6 Å². The molecular weight excluding hydrogens is 416 g/mol. The second-order valence-electron chi connectivity index (χ2n) is 7.55. The monoisotopic (exact) mass is 436 g/mol. The molecule has 4 aromatic rings. The van der Waals surface area contributed by atoms with E-state index in [2.05, 4.69) is 21.3 Å². The Labute approximate surface area is 190 Å². The number of thiophene rings is 1. The van der Waals surface area contributed by atoms with Crippen LogP contribution < -0.4 is 0 Å². The number of rotatable bonds is 5. The summed E-state index contributed by atoms with van der Waals surface area (Å²) in [6, 6.07) is 23.5. The van der Waals surface area contributed by atoms with Crippen LogP contribution in [0.5, 0.6) is 0 Å². The van der Waals surface area contributed by atoms with Gasteiger partial charge in [0, 0.05) is 10.4 Å². The van der Waals surface area contributed by atoms with E-state index in [4.69, 9.17) is 4.42 Å². The first kappa shape index (κ1) is 20.1. The van der Waals surface area contributed by atoms with Crippen LogP contribution in [0.1, 0.15) is 34.6 Å². The van der Waals surface area contributed by atoms with Gasteiger partial charge in [0.25, 0.3) is 0 Å². The third-order valence-electron chi connectivity index (χ3n) is 5.39. The van der Waals surface area contributed by atoms with E-state index in [0.717, 1.165) is 52.5 Å². The number of fused-ring (bicyclic) bond motifs is 1. The van der Waals surface area contributed by atoms with Gasteiger partial charge in [-0.25, -0.2) is 4.99 Å². The third-order valence-corrected chi connectivity index (χ3v) is 6.59. The average Bonchev–Trinajstić information content (AvgIpc) is 3.46. The maximum atomic E-state index is 9.58. The molecule has 0 atom stereocenters. The second-order valence-corrected chi connectivity index (χ2v) is 8.63. The molecule has 2 aromatic carbocycles. The topological polar surface area (TPSA) is 74.0 Å². The molecule has 32 heavy (non-hydrogen) atoms. The fraction of sp³-hybridized carbons (Fsp3) is 0.154. The third kappa shape index (κ3) is 4.29. The van der Waals surface area contributed by atoms with E-state index >= 15 is 0 Å². The summed E-state index contributed by atoms with van der Waals surface area (Å²) in [5.41, 5.74) is 4.47. The molecule has 5 nitrogen and oxygen atoms in total. The lowest BCUT2D eigenvalue weighted by Gasteiger charge is -2.09. The summed E-state index contributed by atoms with van der Waals surface area (Å²) in [5.74, 6) is 1.41. The lowest BCUT2D eigenvalue weighted by Crippen LogP contribution is -1.99. The van der Waals surface area contributed by atoms with Gasteiger partial charge in [-0.1, -0.05) is 18.2 Å². The second kappa shape index (κ2) is 9.13. The summed E-state index contributed by atoms with van der Waals surface area (Å²) < 4.78 is 5.95. The van der Waals surface area contributed by atoms with E-state index in [-0.39, 0.29) is 0 Å². The molecule has 0 spiro atoms. The van der Waals surface area contributed by atoms with Crippen molar-refractivity contribution >= 4 is 33.9 Å². The number of aliphatic imine (C=N–C) groups is 1. The number of furan rings is 1. The van der Waals surface area contributed by atoms with Crippen molar-refractivity contribution in [2.24, 2.45) is 15.2 Å². The summed E-state index contributed by atoms with van der Waals surface area (Å²) in [5, 5.41) is 18.9. The maximum Gasteiger partial charge on any atom is 0.145 e. The molecule has 5 rings (SSSR count). The standard InChI is InChI=1S/C26H20N4OS/c27-16-23-22-8-4-5-9-25(22)32-26(23)28-17-21-14-15-24(31-21)18-10-12-20(13-11-18)30-29-19-6-2-1-3-7-19/h1-3,6-7,10-15,17H,4-5,8-9H2. The highest BCUT2D eigenvalue weighted by Crippen LogP contribution is 2.39. The van der Waals surface area contributed by atoms with Crippen molar-refractivity contribution in [3.05, 3.63) is 88.5 Å². The van der Waals surface area contributed by atoms with E-state index in [1.165, 1.54) is 16.9 Å². The molecule has 0 unspecified atom stereocenters. The largest absolute Gasteiger partial charge is 0.455 e. The maximum absolute atomic E-state index is 9.58. The van der Waals surface area contributed by atoms with Gasteiger partial charge in [-0.15, -0.1) is 11.3 Å². The van der Waals surface area contributed by atoms with E-state index in [1.54, 1.807) is 17.6 Å². The molecule has 0 aliphatic heterocycles. The lowest BCUT2D eigenvalue weighted by atomic mass is 9.96. The molecule has 1 aliphatic carbocycles. The van der Waals surface area contributed by atoms with Crippen LogP contribution >= 0.6 is 11.3 Å². The molecule has 156 valence electrons. The molecule has 6 heteroatoms. The summed E-state index contributed by atoms with van der Waals surface area (Å²) in [4.78, 5) is 5.89. The normalized spacial score (nSPS) is 13.5. The molecule has 0 fully saturated rings. The van der Waals surface area contributed by atoms with Gasteiger partial charge in [0.2, 0.25) is 0 Å². The molecule has 2 aromatic heterocycles. The van der Waals surface area contributed by atoms with Gasteiger partial charge in [-0.05, 0) is 79.8 Å². The summed E-state index contributed by atoms with van der Waals surface area (Å²) >= 11 is 1.63. The van der Waals surface area contributed by atoms with Gasteiger partial charge in [0.15, 0.2) is 0 Å². The molecule has 0 bridgehead atoms. The highest BCUT2D eigenvalue weighted by Gasteiger charge is 2.20. The van der Waals surface area contributed by atoms with Crippen LogP contribution in [0.2, 0.25) is 0 Å². The highest BCUT2D eigenvalue weighted by molar-refractivity contribution is 7.16. The number of azo groups is 1. The van der Waals surface area contributed by atoms with Crippen LogP contribution in [0.15, 0.2) is 86.4 Å². The van der Waals surface area contributed by atoms with E-state index in [0.29, 0.717) is 5.76 Å². The number of nitrogens with zero attached hydrogens (tertiary/aromatic N) is 4. The Morgan fingerprint density at radius 2 is 1.62 bits per heavy atom. The van der Waals surface area contributed by atoms with Crippen LogP contribution in [0.4, 0.5) is 16.4 Å². The minimum Gasteiger partial charge on any atom is -0.455 e. The molecular formula is C26H20N4OS. The van der Waals surface area contributed by atoms with E-state index < -0.39 is 0 Å². The van der Waals surface area contributed by atoms with Crippen LogP contribution in [-0.4, -0.2) is 6.21 Å². The summed E-state index contributed by atoms with van der Waals surface area (Å²) in [6.07, 6.45) is 6.07. The Hall–Kier alpha value is -3.82. The van der Waals surface area contributed by atoms with Gasteiger partial charge >= 0.3 is 0 Å². The fourth-order valence-corrected chi connectivity index (χ4v) is 4.94.